The molecule has 0 unspecified atom stereocenters. The predicted octanol–water partition coefficient (Wildman–Crippen LogP) is 5.64. The van der Waals surface area contributed by atoms with Crippen molar-refractivity contribution in [2.24, 2.45) is 7.05 Å². The van der Waals surface area contributed by atoms with E-state index >= 15 is 0 Å². The molecular weight excluding hydrogens is 494 g/mol. The van der Waals surface area contributed by atoms with Crippen molar-refractivity contribution >= 4 is 27.0 Å². The number of fused-ring (bicyclic) bond motifs is 1. The van der Waals surface area contributed by atoms with E-state index in [1.807, 2.05) is 84.9 Å². The van der Waals surface area contributed by atoms with Gasteiger partial charge in [-0.15, -0.1) is 0 Å². The standard InChI is InChI=1S/C27H22BrN3O3/c1-30-24-16-21(28)12-13-22(24)31(27(30)32)23-14-15-25(33-17-19-8-4-2-5-9-19)29-26(23)34-18-20-10-6-3-7-11-20/h2-16H,17-18H2,1H3. The number of nitrogens with zero attached hydrogens (tertiary/aromatic N) is 3. The van der Waals surface area contributed by atoms with E-state index in [0.717, 1.165) is 26.6 Å². The van der Waals surface area contributed by atoms with Crippen molar-refractivity contribution in [3.63, 3.8) is 0 Å². The van der Waals surface area contributed by atoms with E-state index in [9.17, 15) is 4.79 Å². The SMILES string of the molecule is Cn1c(=O)n(-c2ccc(OCc3ccccc3)nc2OCc2ccccc2)c2ccc(Br)cc21. The number of rotatable bonds is 7. The van der Waals surface area contributed by atoms with Crippen LogP contribution in [-0.2, 0) is 20.3 Å². The summed E-state index contributed by atoms with van der Waals surface area (Å²) in [7, 11) is 1.75. The topological polar surface area (TPSA) is 58.3 Å². The van der Waals surface area contributed by atoms with Crippen LogP contribution in [0.1, 0.15) is 11.1 Å². The van der Waals surface area contributed by atoms with Gasteiger partial charge in [0.15, 0.2) is 0 Å². The van der Waals surface area contributed by atoms with E-state index in [4.69, 9.17) is 9.47 Å². The van der Waals surface area contributed by atoms with Crippen LogP contribution in [0.5, 0.6) is 11.8 Å². The van der Waals surface area contributed by atoms with Crippen LogP contribution in [0.15, 0.2) is 100 Å². The highest BCUT2D eigenvalue weighted by Gasteiger charge is 2.18. The summed E-state index contributed by atoms with van der Waals surface area (Å²) >= 11 is 3.49. The molecule has 0 aliphatic carbocycles. The molecule has 0 saturated carbocycles. The number of aryl methyl sites for hydroxylation is 1. The van der Waals surface area contributed by atoms with E-state index in [0.29, 0.717) is 30.7 Å². The Morgan fingerprint density at radius 3 is 2.12 bits per heavy atom. The molecule has 5 rings (SSSR count). The van der Waals surface area contributed by atoms with Gasteiger partial charge in [-0.05, 0) is 35.4 Å². The Bertz CT molecular complexity index is 1490. The number of hydrogen-bond donors (Lipinski definition) is 0. The van der Waals surface area contributed by atoms with Gasteiger partial charge in [0.05, 0.1) is 11.0 Å². The van der Waals surface area contributed by atoms with Crippen LogP contribution in [0.25, 0.3) is 16.7 Å². The fourth-order valence-electron chi connectivity index (χ4n) is 3.77. The van der Waals surface area contributed by atoms with Crippen molar-refractivity contribution in [1.82, 2.24) is 14.1 Å². The molecule has 170 valence electrons. The number of ether oxygens (including phenoxy) is 2. The Balaban J connectivity index is 1.55. The van der Waals surface area contributed by atoms with Crippen LogP contribution in [0.2, 0.25) is 0 Å². The zero-order chi connectivity index (χ0) is 23.5. The second-order valence-corrected chi connectivity index (χ2v) is 8.75. The van der Waals surface area contributed by atoms with E-state index in [2.05, 4.69) is 20.9 Å². The smallest absolute Gasteiger partial charge is 0.333 e. The molecule has 7 heteroatoms. The van der Waals surface area contributed by atoms with Crippen LogP contribution < -0.4 is 15.2 Å². The van der Waals surface area contributed by atoms with Crippen molar-refractivity contribution in [3.05, 3.63) is 117 Å². The normalized spacial score (nSPS) is 11.0. The Kier molecular flexibility index (Phi) is 6.18. The molecule has 0 aliphatic rings. The zero-order valence-electron chi connectivity index (χ0n) is 18.5. The third kappa shape index (κ3) is 4.47. The highest BCUT2D eigenvalue weighted by Crippen LogP contribution is 2.28. The first-order valence-corrected chi connectivity index (χ1v) is 11.6. The fourth-order valence-corrected chi connectivity index (χ4v) is 4.12. The van der Waals surface area contributed by atoms with Gasteiger partial charge in [-0.25, -0.2) is 4.79 Å². The van der Waals surface area contributed by atoms with Gasteiger partial charge in [-0.1, -0.05) is 76.6 Å². The molecule has 0 amide bonds. The maximum absolute atomic E-state index is 13.2. The lowest BCUT2D eigenvalue weighted by atomic mass is 10.2. The number of halogens is 1. The van der Waals surface area contributed by atoms with Gasteiger partial charge >= 0.3 is 5.69 Å². The number of benzene rings is 3. The van der Waals surface area contributed by atoms with Gasteiger partial charge in [0.25, 0.3) is 0 Å². The van der Waals surface area contributed by atoms with Gasteiger partial charge in [0.1, 0.15) is 18.9 Å². The molecule has 3 aromatic carbocycles. The summed E-state index contributed by atoms with van der Waals surface area (Å²) in [5.41, 5.74) is 3.98. The molecule has 5 aromatic rings. The van der Waals surface area contributed by atoms with E-state index in [1.165, 1.54) is 0 Å². The first-order chi connectivity index (χ1) is 16.6. The van der Waals surface area contributed by atoms with Gasteiger partial charge < -0.3 is 9.47 Å². The minimum atomic E-state index is -0.183. The minimum Gasteiger partial charge on any atom is -0.473 e. The van der Waals surface area contributed by atoms with Crippen molar-refractivity contribution in [3.8, 4) is 17.4 Å². The molecule has 0 bridgehead atoms. The summed E-state index contributed by atoms with van der Waals surface area (Å²) in [4.78, 5) is 17.8. The Morgan fingerprint density at radius 2 is 1.44 bits per heavy atom. The molecule has 0 spiro atoms. The summed E-state index contributed by atoms with van der Waals surface area (Å²) < 4.78 is 16.2. The molecule has 0 atom stereocenters. The summed E-state index contributed by atoms with van der Waals surface area (Å²) in [6.45, 7) is 0.696. The Labute approximate surface area is 205 Å². The first kappa shape index (κ1) is 22.0. The summed E-state index contributed by atoms with van der Waals surface area (Å²) in [5, 5.41) is 0. The molecule has 2 aromatic heterocycles. The number of imidazole rings is 1. The molecular formula is C27H22BrN3O3. The zero-order valence-corrected chi connectivity index (χ0v) is 20.1. The van der Waals surface area contributed by atoms with Crippen LogP contribution in [0, 0.1) is 0 Å². The lowest BCUT2D eigenvalue weighted by Crippen LogP contribution is -2.21. The monoisotopic (exact) mass is 515 g/mol. The molecule has 0 fully saturated rings. The number of aromatic nitrogens is 3. The molecule has 34 heavy (non-hydrogen) atoms. The highest BCUT2D eigenvalue weighted by atomic mass is 79.9. The van der Waals surface area contributed by atoms with Crippen molar-refractivity contribution < 1.29 is 9.47 Å². The lowest BCUT2D eigenvalue weighted by molar-refractivity contribution is 0.267. The number of hydrogen-bond acceptors (Lipinski definition) is 4. The summed E-state index contributed by atoms with van der Waals surface area (Å²) in [6, 6.07) is 29.0. The second-order valence-electron chi connectivity index (χ2n) is 7.83. The molecule has 0 saturated heterocycles. The molecule has 6 nitrogen and oxygen atoms in total. The average molecular weight is 516 g/mol. The lowest BCUT2D eigenvalue weighted by Gasteiger charge is -2.14. The Morgan fingerprint density at radius 1 is 0.794 bits per heavy atom. The second kappa shape index (κ2) is 9.57. The third-order valence-electron chi connectivity index (χ3n) is 5.52. The van der Waals surface area contributed by atoms with Crippen LogP contribution in [0.4, 0.5) is 0 Å². The minimum absolute atomic E-state index is 0.183. The van der Waals surface area contributed by atoms with Crippen LogP contribution in [0.3, 0.4) is 0 Å². The van der Waals surface area contributed by atoms with Crippen LogP contribution >= 0.6 is 15.9 Å². The molecule has 2 heterocycles. The van der Waals surface area contributed by atoms with Crippen molar-refractivity contribution in [2.45, 2.75) is 13.2 Å². The maximum Gasteiger partial charge on any atom is 0.333 e. The maximum atomic E-state index is 13.2. The fraction of sp³-hybridized carbons (Fsp3) is 0.111. The van der Waals surface area contributed by atoms with E-state index in [1.54, 1.807) is 22.2 Å². The van der Waals surface area contributed by atoms with Gasteiger partial charge in [-0.2, -0.15) is 4.98 Å². The predicted molar refractivity (Wildman–Crippen MR) is 136 cm³/mol. The quantitative estimate of drug-likeness (QED) is 0.281. The third-order valence-corrected chi connectivity index (χ3v) is 6.01. The Hall–Kier alpha value is -3.84. The van der Waals surface area contributed by atoms with Gasteiger partial charge in [0.2, 0.25) is 11.8 Å². The number of pyridine rings is 1. The van der Waals surface area contributed by atoms with Gasteiger partial charge in [-0.3, -0.25) is 9.13 Å². The van der Waals surface area contributed by atoms with Gasteiger partial charge in [0, 0.05) is 17.6 Å². The molecule has 0 aliphatic heterocycles. The first-order valence-electron chi connectivity index (χ1n) is 10.8. The summed E-state index contributed by atoms with van der Waals surface area (Å²) in [5.74, 6) is 0.749. The largest absolute Gasteiger partial charge is 0.473 e. The van der Waals surface area contributed by atoms with Crippen molar-refractivity contribution in [1.29, 1.82) is 0 Å². The highest BCUT2D eigenvalue weighted by molar-refractivity contribution is 9.10. The van der Waals surface area contributed by atoms with E-state index < -0.39 is 0 Å². The summed E-state index contributed by atoms with van der Waals surface area (Å²) in [6.07, 6.45) is 0. The van der Waals surface area contributed by atoms with Crippen molar-refractivity contribution in [2.75, 3.05) is 0 Å². The average Bonchev–Trinajstić information content (AvgIpc) is 3.12. The van der Waals surface area contributed by atoms with Crippen LogP contribution in [-0.4, -0.2) is 14.1 Å². The molecule has 0 radical (unpaired) electrons. The molecule has 0 N–H and O–H groups in total. The van der Waals surface area contributed by atoms with E-state index in [-0.39, 0.29) is 5.69 Å².